The second kappa shape index (κ2) is 4.68. The maximum absolute atomic E-state index is 13.4. The highest BCUT2D eigenvalue weighted by atomic mass is 32.2. The Kier molecular flexibility index (Phi) is 2.76. The van der Waals surface area contributed by atoms with Gasteiger partial charge in [0.1, 0.15) is 5.82 Å². The van der Waals surface area contributed by atoms with Crippen LogP contribution in [0.4, 0.5) is 4.39 Å². The summed E-state index contributed by atoms with van der Waals surface area (Å²) in [7, 11) is -3.40. The first-order valence-electron chi connectivity index (χ1n) is 7.96. The number of aromatic nitrogens is 1. The van der Waals surface area contributed by atoms with Gasteiger partial charge in [-0.05, 0) is 60.2 Å². The van der Waals surface area contributed by atoms with E-state index in [0.717, 1.165) is 40.4 Å². The predicted molar refractivity (Wildman–Crippen MR) is 89.5 cm³/mol. The number of fused-ring (bicyclic) bond motifs is 2. The van der Waals surface area contributed by atoms with Crippen LogP contribution in [0.5, 0.6) is 0 Å². The Labute approximate surface area is 138 Å². The molecule has 1 unspecified atom stereocenters. The summed E-state index contributed by atoms with van der Waals surface area (Å²) in [4.78, 5) is 3.47. The van der Waals surface area contributed by atoms with Crippen molar-refractivity contribution >= 4 is 20.9 Å². The first kappa shape index (κ1) is 14.2. The van der Waals surface area contributed by atoms with E-state index >= 15 is 0 Å². The highest BCUT2D eigenvalue weighted by Crippen LogP contribution is 2.47. The lowest BCUT2D eigenvalue weighted by molar-refractivity contribution is 0.552. The standard InChI is InChI=1S/C18H15FN2O2S/c19-12-4-5-13-15(9-20-16(13)8-12)11-3-6-17-14(7-11)18(10-1-2-10)21-24(17,22)23/h3-10,18,20-21H,1-2H2. The summed E-state index contributed by atoms with van der Waals surface area (Å²) >= 11 is 0. The number of halogens is 1. The fourth-order valence-electron chi connectivity index (χ4n) is 3.61. The summed E-state index contributed by atoms with van der Waals surface area (Å²) in [6.45, 7) is 0. The average molecular weight is 342 g/mol. The lowest BCUT2D eigenvalue weighted by atomic mass is 9.97. The van der Waals surface area contributed by atoms with Gasteiger partial charge in [0.15, 0.2) is 0 Å². The Bertz CT molecular complexity index is 1080. The Hall–Kier alpha value is -2.18. The Morgan fingerprint density at radius 2 is 1.92 bits per heavy atom. The summed E-state index contributed by atoms with van der Waals surface area (Å²) in [5, 5.41) is 0.924. The molecule has 0 bridgehead atoms. The van der Waals surface area contributed by atoms with Crippen LogP contribution in [0.15, 0.2) is 47.5 Å². The lowest BCUT2D eigenvalue weighted by Crippen LogP contribution is -2.20. The van der Waals surface area contributed by atoms with E-state index in [9.17, 15) is 12.8 Å². The third-order valence-corrected chi connectivity index (χ3v) is 6.48. The highest BCUT2D eigenvalue weighted by molar-refractivity contribution is 7.89. The van der Waals surface area contributed by atoms with Gasteiger partial charge in [-0.3, -0.25) is 0 Å². The number of sulfonamides is 1. The number of rotatable bonds is 2. The molecule has 6 heteroatoms. The summed E-state index contributed by atoms with van der Waals surface area (Å²) < 4.78 is 40.7. The monoisotopic (exact) mass is 342 g/mol. The van der Waals surface area contributed by atoms with E-state index in [0.29, 0.717) is 10.8 Å². The molecule has 2 heterocycles. The van der Waals surface area contributed by atoms with Crippen molar-refractivity contribution in [2.45, 2.75) is 23.8 Å². The van der Waals surface area contributed by atoms with Crippen LogP contribution in [0.25, 0.3) is 22.0 Å². The van der Waals surface area contributed by atoms with Gasteiger partial charge in [0.25, 0.3) is 0 Å². The number of hydrogen-bond acceptors (Lipinski definition) is 2. The lowest BCUT2D eigenvalue weighted by Gasteiger charge is -2.09. The number of benzene rings is 2. The van der Waals surface area contributed by atoms with E-state index in [1.54, 1.807) is 12.1 Å². The van der Waals surface area contributed by atoms with E-state index in [4.69, 9.17) is 0 Å². The Morgan fingerprint density at radius 3 is 2.71 bits per heavy atom. The van der Waals surface area contributed by atoms with Gasteiger partial charge in [-0.1, -0.05) is 6.07 Å². The third kappa shape index (κ3) is 2.03. The van der Waals surface area contributed by atoms with Gasteiger partial charge in [0, 0.05) is 22.7 Å². The molecule has 0 spiro atoms. The fraction of sp³-hybridized carbons (Fsp3) is 0.222. The molecular weight excluding hydrogens is 327 g/mol. The predicted octanol–water partition coefficient (Wildman–Crippen LogP) is 3.72. The van der Waals surface area contributed by atoms with Gasteiger partial charge < -0.3 is 4.98 Å². The Balaban J connectivity index is 1.69. The molecule has 5 rings (SSSR count). The van der Waals surface area contributed by atoms with Crippen LogP contribution >= 0.6 is 0 Å². The molecule has 1 aliphatic carbocycles. The second-order valence-corrected chi connectivity index (χ2v) is 8.26. The normalized spacial score (nSPS) is 22.0. The summed E-state index contributed by atoms with van der Waals surface area (Å²) in [6, 6.07) is 9.99. The van der Waals surface area contributed by atoms with Crippen LogP contribution in [-0.2, 0) is 10.0 Å². The van der Waals surface area contributed by atoms with E-state index in [1.807, 2.05) is 18.3 Å². The second-order valence-electron chi connectivity index (χ2n) is 6.58. The molecule has 2 aromatic carbocycles. The number of nitrogens with one attached hydrogen (secondary N) is 2. The minimum atomic E-state index is -3.40. The van der Waals surface area contributed by atoms with Crippen LogP contribution < -0.4 is 4.72 Å². The molecule has 122 valence electrons. The van der Waals surface area contributed by atoms with Crippen molar-refractivity contribution in [2.75, 3.05) is 0 Å². The summed E-state index contributed by atoms with van der Waals surface area (Å²) in [5.41, 5.74) is 3.48. The summed E-state index contributed by atoms with van der Waals surface area (Å²) in [5.74, 6) is 0.113. The van der Waals surface area contributed by atoms with Gasteiger partial charge in [-0.25, -0.2) is 17.5 Å². The SMILES string of the molecule is O=S1(=O)NC(C2CC2)c2cc(-c3c[nH]c4cc(F)ccc34)ccc21. The molecule has 2 N–H and O–H groups in total. The molecule has 0 radical (unpaired) electrons. The van der Waals surface area contributed by atoms with E-state index in [2.05, 4.69) is 9.71 Å². The Morgan fingerprint density at radius 1 is 1.08 bits per heavy atom. The zero-order valence-corrected chi connectivity index (χ0v) is 13.5. The van der Waals surface area contributed by atoms with Crippen LogP contribution in [0, 0.1) is 11.7 Å². The first-order valence-corrected chi connectivity index (χ1v) is 9.44. The van der Waals surface area contributed by atoms with Gasteiger partial charge in [0.2, 0.25) is 10.0 Å². The molecule has 1 atom stereocenters. The number of hydrogen-bond donors (Lipinski definition) is 2. The van der Waals surface area contributed by atoms with Crippen LogP contribution in [0.3, 0.4) is 0 Å². The zero-order chi connectivity index (χ0) is 16.5. The van der Waals surface area contributed by atoms with Gasteiger partial charge >= 0.3 is 0 Å². The topological polar surface area (TPSA) is 62.0 Å². The fourth-order valence-corrected chi connectivity index (χ4v) is 5.14. The van der Waals surface area contributed by atoms with Crippen molar-refractivity contribution in [3.8, 4) is 11.1 Å². The molecule has 0 amide bonds. The van der Waals surface area contributed by atoms with Crippen molar-refractivity contribution in [3.63, 3.8) is 0 Å². The van der Waals surface area contributed by atoms with Crippen molar-refractivity contribution in [1.82, 2.24) is 9.71 Å². The molecule has 1 aliphatic heterocycles. The van der Waals surface area contributed by atoms with Crippen molar-refractivity contribution in [1.29, 1.82) is 0 Å². The number of H-pyrrole nitrogens is 1. The maximum Gasteiger partial charge on any atom is 0.241 e. The third-order valence-electron chi connectivity index (χ3n) is 4.96. The largest absolute Gasteiger partial charge is 0.360 e. The van der Waals surface area contributed by atoms with Crippen LogP contribution in [0.1, 0.15) is 24.4 Å². The first-order chi connectivity index (χ1) is 11.5. The molecule has 1 aromatic heterocycles. The zero-order valence-electron chi connectivity index (χ0n) is 12.7. The van der Waals surface area contributed by atoms with E-state index in [-0.39, 0.29) is 11.9 Å². The minimum Gasteiger partial charge on any atom is -0.360 e. The van der Waals surface area contributed by atoms with Crippen LogP contribution in [-0.4, -0.2) is 13.4 Å². The quantitative estimate of drug-likeness (QED) is 0.746. The van der Waals surface area contributed by atoms with Gasteiger partial charge in [0.05, 0.1) is 10.9 Å². The number of aromatic amines is 1. The smallest absolute Gasteiger partial charge is 0.241 e. The van der Waals surface area contributed by atoms with Gasteiger partial charge in [-0.2, -0.15) is 0 Å². The van der Waals surface area contributed by atoms with Crippen molar-refractivity contribution in [2.24, 2.45) is 5.92 Å². The highest BCUT2D eigenvalue weighted by Gasteiger charge is 2.42. The van der Waals surface area contributed by atoms with Crippen molar-refractivity contribution in [3.05, 3.63) is 54.0 Å². The molecular formula is C18H15FN2O2S. The molecule has 2 aliphatic rings. The van der Waals surface area contributed by atoms with Crippen molar-refractivity contribution < 1.29 is 12.8 Å². The molecule has 0 saturated heterocycles. The summed E-state index contributed by atoms with van der Waals surface area (Å²) in [6.07, 6.45) is 3.96. The molecule has 4 nitrogen and oxygen atoms in total. The maximum atomic E-state index is 13.4. The molecule has 1 fully saturated rings. The van der Waals surface area contributed by atoms with Crippen LogP contribution in [0.2, 0.25) is 0 Å². The average Bonchev–Trinajstić information content (AvgIpc) is 3.26. The van der Waals surface area contributed by atoms with E-state index in [1.165, 1.54) is 12.1 Å². The van der Waals surface area contributed by atoms with E-state index < -0.39 is 10.0 Å². The molecule has 1 saturated carbocycles. The van der Waals surface area contributed by atoms with Gasteiger partial charge in [-0.15, -0.1) is 0 Å². The molecule has 3 aromatic rings. The molecule has 24 heavy (non-hydrogen) atoms. The minimum absolute atomic E-state index is 0.118.